The number of nitrogens with one attached hydrogen (secondary N) is 1. The highest BCUT2D eigenvalue weighted by Gasteiger charge is 2.26. The maximum Gasteiger partial charge on any atom is 0.273 e. The van der Waals surface area contributed by atoms with Gasteiger partial charge in [0, 0.05) is 23.5 Å². The van der Waals surface area contributed by atoms with Crippen LogP contribution in [0.15, 0.2) is 17.6 Å². The maximum atomic E-state index is 12.3. The summed E-state index contributed by atoms with van der Waals surface area (Å²) in [6.07, 6.45) is 8.78. The fraction of sp³-hybridized carbons (Fsp3) is 0.632. The highest BCUT2D eigenvalue weighted by atomic mass is 32.1. The van der Waals surface area contributed by atoms with Crippen molar-refractivity contribution in [2.24, 2.45) is 0 Å². The SMILES string of the molecule is Cc1ccsc1CN1CCC[C@H]1Cn1cc(C(=O)NC2CCCC2)nn1. The predicted octanol–water partition coefficient (Wildman–Crippen LogP) is 2.99. The molecular formula is C19H27N5OS. The Morgan fingerprint density at radius 2 is 2.15 bits per heavy atom. The van der Waals surface area contributed by atoms with Crippen LogP contribution in [0.4, 0.5) is 0 Å². The Hall–Kier alpha value is -1.73. The van der Waals surface area contributed by atoms with Gasteiger partial charge in [0.15, 0.2) is 5.69 Å². The van der Waals surface area contributed by atoms with Gasteiger partial charge in [-0.3, -0.25) is 14.4 Å². The fourth-order valence-corrected chi connectivity index (χ4v) is 5.03. The molecule has 2 aromatic rings. The van der Waals surface area contributed by atoms with Crippen molar-refractivity contribution in [1.29, 1.82) is 0 Å². The van der Waals surface area contributed by atoms with Gasteiger partial charge in [0.1, 0.15) is 0 Å². The Labute approximate surface area is 158 Å². The molecule has 1 N–H and O–H groups in total. The summed E-state index contributed by atoms with van der Waals surface area (Å²) in [4.78, 5) is 16.3. The van der Waals surface area contributed by atoms with E-state index in [1.807, 2.05) is 16.0 Å². The van der Waals surface area contributed by atoms with Gasteiger partial charge in [-0.15, -0.1) is 16.4 Å². The molecule has 3 heterocycles. The Balaban J connectivity index is 1.35. The summed E-state index contributed by atoms with van der Waals surface area (Å²) in [6.45, 7) is 5.13. The number of hydrogen-bond acceptors (Lipinski definition) is 5. The van der Waals surface area contributed by atoms with E-state index in [-0.39, 0.29) is 5.91 Å². The van der Waals surface area contributed by atoms with Gasteiger partial charge in [-0.2, -0.15) is 0 Å². The van der Waals surface area contributed by atoms with E-state index in [2.05, 4.69) is 38.9 Å². The number of thiophene rings is 1. The molecule has 0 aromatic carbocycles. The summed E-state index contributed by atoms with van der Waals surface area (Å²) in [5, 5.41) is 13.6. The van der Waals surface area contributed by atoms with Crippen molar-refractivity contribution in [1.82, 2.24) is 25.2 Å². The van der Waals surface area contributed by atoms with Crippen LogP contribution in [0.25, 0.3) is 0 Å². The Morgan fingerprint density at radius 1 is 1.31 bits per heavy atom. The number of likely N-dealkylation sites (tertiary alicyclic amines) is 1. The van der Waals surface area contributed by atoms with E-state index in [4.69, 9.17) is 0 Å². The van der Waals surface area contributed by atoms with Crippen LogP contribution in [0.1, 0.15) is 59.5 Å². The molecule has 0 unspecified atom stereocenters. The molecule has 1 aliphatic heterocycles. The van der Waals surface area contributed by atoms with Crippen LogP contribution < -0.4 is 5.32 Å². The minimum Gasteiger partial charge on any atom is -0.348 e. The third-order valence-corrected chi connectivity index (χ3v) is 6.68. The lowest BCUT2D eigenvalue weighted by molar-refractivity contribution is 0.0932. The molecule has 7 heteroatoms. The summed E-state index contributed by atoms with van der Waals surface area (Å²) in [5.74, 6) is -0.0827. The number of carbonyl (C=O) groups excluding carboxylic acids is 1. The first-order valence-electron chi connectivity index (χ1n) is 9.67. The van der Waals surface area contributed by atoms with Crippen molar-refractivity contribution in [3.05, 3.63) is 33.8 Å². The molecule has 26 heavy (non-hydrogen) atoms. The summed E-state index contributed by atoms with van der Waals surface area (Å²) in [7, 11) is 0. The van der Waals surface area contributed by atoms with Crippen molar-refractivity contribution in [3.63, 3.8) is 0 Å². The molecule has 1 atom stereocenters. The Bertz CT molecular complexity index is 749. The highest BCUT2D eigenvalue weighted by Crippen LogP contribution is 2.25. The third kappa shape index (κ3) is 3.99. The lowest BCUT2D eigenvalue weighted by atomic mass is 10.2. The monoisotopic (exact) mass is 373 g/mol. The minimum absolute atomic E-state index is 0.0827. The van der Waals surface area contributed by atoms with E-state index >= 15 is 0 Å². The predicted molar refractivity (Wildman–Crippen MR) is 102 cm³/mol. The van der Waals surface area contributed by atoms with E-state index in [1.165, 1.54) is 36.1 Å². The molecule has 2 fully saturated rings. The average Bonchev–Trinajstić information content (AvgIpc) is 3.39. The average molecular weight is 374 g/mol. The summed E-state index contributed by atoms with van der Waals surface area (Å²) >= 11 is 1.84. The van der Waals surface area contributed by atoms with Crippen LogP contribution >= 0.6 is 11.3 Å². The lowest BCUT2D eigenvalue weighted by Gasteiger charge is -2.24. The summed E-state index contributed by atoms with van der Waals surface area (Å²) in [6, 6.07) is 2.97. The van der Waals surface area contributed by atoms with E-state index in [1.54, 1.807) is 6.20 Å². The lowest BCUT2D eigenvalue weighted by Crippen LogP contribution is -2.33. The summed E-state index contributed by atoms with van der Waals surface area (Å²) < 4.78 is 1.84. The van der Waals surface area contributed by atoms with Crippen LogP contribution in [-0.2, 0) is 13.1 Å². The topological polar surface area (TPSA) is 63.1 Å². The van der Waals surface area contributed by atoms with Gasteiger partial charge in [0.05, 0.1) is 12.7 Å². The molecule has 0 radical (unpaired) electrons. The first-order valence-corrected chi connectivity index (χ1v) is 10.5. The molecule has 1 amide bonds. The van der Waals surface area contributed by atoms with Gasteiger partial charge >= 0.3 is 0 Å². The van der Waals surface area contributed by atoms with Crippen LogP contribution in [0.3, 0.4) is 0 Å². The molecule has 2 aliphatic rings. The van der Waals surface area contributed by atoms with Crippen molar-refractivity contribution in [2.75, 3.05) is 6.54 Å². The number of carbonyl (C=O) groups is 1. The van der Waals surface area contributed by atoms with Crippen molar-refractivity contribution in [2.45, 2.75) is 70.6 Å². The summed E-state index contributed by atoms with van der Waals surface area (Å²) in [5.41, 5.74) is 1.82. The normalized spacial score (nSPS) is 21.5. The van der Waals surface area contributed by atoms with Crippen molar-refractivity contribution >= 4 is 17.2 Å². The van der Waals surface area contributed by atoms with Crippen molar-refractivity contribution in [3.8, 4) is 0 Å². The second kappa shape index (κ2) is 7.88. The van der Waals surface area contributed by atoms with Gasteiger partial charge in [0.25, 0.3) is 5.91 Å². The van der Waals surface area contributed by atoms with Crippen LogP contribution in [0.5, 0.6) is 0 Å². The van der Waals surface area contributed by atoms with Gasteiger partial charge in [-0.05, 0) is 56.2 Å². The number of amides is 1. The van der Waals surface area contributed by atoms with Crippen molar-refractivity contribution < 1.29 is 4.79 Å². The number of aryl methyl sites for hydroxylation is 1. The number of hydrogen-bond donors (Lipinski definition) is 1. The van der Waals surface area contributed by atoms with E-state index in [0.29, 0.717) is 17.8 Å². The zero-order valence-corrected chi connectivity index (χ0v) is 16.2. The Morgan fingerprint density at radius 3 is 2.92 bits per heavy atom. The molecule has 2 aromatic heterocycles. The van der Waals surface area contributed by atoms with E-state index in [9.17, 15) is 4.79 Å². The maximum absolute atomic E-state index is 12.3. The number of aromatic nitrogens is 3. The Kier molecular flexibility index (Phi) is 5.36. The zero-order valence-electron chi connectivity index (χ0n) is 15.4. The smallest absolute Gasteiger partial charge is 0.273 e. The molecular weight excluding hydrogens is 346 g/mol. The van der Waals surface area contributed by atoms with Gasteiger partial charge in [-0.1, -0.05) is 18.1 Å². The molecule has 0 bridgehead atoms. The molecule has 0 spiro atoms. The standard InChI is InChI=1S/C19H27N5OS/c1-14-8-10-26-18(14)13-23-9-4-7-16(23)11-24-12-17(21-22-24)19(25)20-15-5-2-3-6-15/h8,10,12,15-16H,2-7,9,11,13H2,1H3,(H,20,25)/t16-/m0/s1. The van der Waals surface area contributed by atoms with Gasteiger partial charge in [0.2, 0.25) is 0 Å². The largest absolute Gasteiger partial charge is 0.348 e. The first-order chi connectivity index (χ1) is 12.7. The van der Waals surface area contributed by atoms with E-state index < -0.39 is 0 Å². The quantitative estimate of drug-likeness (QED) is 0.845. The minimum atomic E-state index is -0.0827. The second-order valence-electron chi connectivity index (χ2n) is 7.57. The van der Waals surface area contributed by atoms with Crippen LogP contribution in [-0.4, -0.2) is 44.4 Å². The molecule has 4 rings (SSSR count). The second-order valence-corrected chi connectivity index (χ2v) is 8.57. The molecule has 1 aliphatic carbocycles. The first kappa shape index (κ1) is 17.7. The van der Waals surface area contributed by atoms with E-state index in [0.717, 1.165) is 32.5 Å². The van der Waals surface area contributed by atoms with Gasteiger partial charge in [-0.25, -0.2) is 0 Å². The number of rotatable bonds is 6. The highest BCUT2D eigenvalue weighted by molar-refractivity contribution is 7.10. The molecule has 6 nitrogen and oxygen atoms in total. The zero-order chi connectivity index (χ0) is 17.9. The molecule has 1 saturated heterocycles. The molecule has 140 valence electrons. The fourth-order valence-electron chi connectivity index (χ4n) is 4.10. The number of nitrogens with zero attached hydrogens (tertiary/aromatic N) is 4. The third-order valence-electron chi connectivity index (χ3n) is 5.67. The molecule has 1 saturated carbocycles. The van der Waals surface area contributed by atoms with Crippen LogP contribution in [0.2, 0.25) is 0 Å². The van der Waals surface area contributed by atoms with Gasteiger partial charge < -0.3 is 5.32 Å². The van der Waals surface area contributed by atoms with Crippen LogP contribution in [0, 0.1) is 6.92 Å².